The van der Waals surface area contributed by atoms with Crippen LogP contribution in [-0.2, 0) is 0 Å². The molecule has 0 aliphatic carbocycles. The van der Waals surface area contributed by atoms with Crippen molar-refractivity contribution in [2.45, 2.75) is 57.4 Å². The summed E-state index contributed by atoms with van der Waals surface area (Å²) in [6.45, 7) is 8.17. The molecule has 3 heteroatoms. The van der Waals surface area contributed by atoms with Crippen molar-refractivity contribution >= 4 is 22.5 Å². The molecule has 0 bridgehead atoms. The van der Waals surface area contributed by atoms with Gasteiger partial charge in [-0.25, -0.2) is 0 Å². The normalized spacial score (nSPS) is 27.9. The maximum absolute atomic E-state index is 4.32. The van der Waals surface area contributed by atoms with Crippen molar-refractivity contribution in [3.8, 4) is 0 Å². The monoisotopic (exact) mass is 219 g/mol. The van der Waals surface area contributed by atoms with Crippen molar-refractivity contribution in [2.75, 3.05) is 6.54 Å². The molecule has 0 amide bonds. The molecule has 1 saturated heterocycles. The molecule has 0 radical (unpaired) electrons. The molecule has 0 N–H and O–H groups in total. The Balaban J connectivity index is 2.56. The Bertz CT molecular complexity index is 150. The number of rotatable bonds is 3. The van der Waals surface area contributed by atoms with Crippen LogP contribution >= 0.6 is 22.5 Å². The van der Waals surface area contributed by atoms with Gasteiger partial charge in [0, 0.05) is 17.3 Å². The highest BCUT2D eigenvalue weighted by Gasteiger charge is 2.28. The van der Waals surface area contributed by atoms with Gasteiger partial charge in [-0.05, 0) is 33.2 Å². The van der Waals surface area contributed by atoms with Crippen LogP contribution in [0.15, 0.2) is 0 Å². The second-order valence-electron chi connectivity index (χ2n) is 4.21. The van der Waals surface area contributed by atoms with Gasteiger partial charge in [0.25, 0.3) is 0 Å². The predicted molar refractivity (Wildman–Crippen MR) is 65.5 cm³/mol. The molecular weight excluding hydrogens is 198 g/mol. The minimum absolute atomic E-state index is 0.658. The zero-order valence-electron chi connectivity index (χ0n) is 8.86. The van der Waals surface area contributed by atoms with Crippen LogP contribution in [0.3, 0.4) is 0 Å². The summed E-state index contributed by atoms with van der Waals surface area (Å²) >= 11 is 4.32. The summed E-state index contributed by atoms with van der Waals surface area (Å²) in [5.74, 6) is 0. The highest BCUT2D eigenvalue weighted by molar-refractivity contribution is 8.68. The molecule has 2 unspecified atom stereocenters. The summed E-state index contributed by atoms with van der Waals surface area (Å²) in [7, 11) is 1.71. The second-order valence-corrected chi connectivity index (χ2v) is 5.79. The largest absolute Gasteiger partial charge is 0.297 e. The zero-order chi connectivity index (χ0) is 9.84. The van der Waals surface area contributed by atoms with Crippen LogP contribution in [-0.4, -0.2) is 28.8 Å². The molecular formula is C10H21NS2. The van der Waals surface area contributed by atoms with Crippen molar-refractivity contribution in [3.63, 3.8) is 0 Å². The first kappa shape index (κ1) is 11.7. The van der Waals surface area contributed by atoms with Crippen molar-refractivity contribution < 1.29 is 0 Å². The number of likely N-dealkylation sites (tertiary alicyclic amines) is 1. The van der Waals surface area contributed by atoms with Crippen LogP contribution in [0, 0.1) is 0 Å². The Morgan fingerprint density at radius 1 is 1.31 bits per heavy atom. The second kappa shape index (κ2) is 5.52. The lowest BCUT2D eigenvalue weighted by Crippen LogP contribution is -2.47. The maximum atomic E-state index is 4.32. The average molecular weight is 219 g/mol. The van der Waals surface area contributed by atoms with E-state index in [1.165, 1.54) is 25.8 Å². The van der Waals surface area contributed by atoms with Gasteiger partial charge in [-0.2, -0.15) is 0 Å². The van der Waals surface area contributed by atoms with Crippen LogP contribution in [0.5, 0.6) is 0 Å². The van der Waals surface area contributed by atoms with Gasteiger partial charge in [0.1, 0.15) is 0 Å². The highest BCUT2D eigenvalue weighted by Crippen LogP contribution is 2.29. The van der Waals surface area contributed by atoms with Crippen molar-refractivity contribution in [3.05, 3.63) is 0 Å². The Labute approximate surface area is 91.5 Å². The Kier molecular flexibility index (Phi) is 4.98. The van der Waals surface area contributed by atoms with Gasteiger partial charge >= 0.3 is 0 Å². The lowest BCUT2D eigenvalue weighted by Gasteiger charge is -2.41. The minimum Gasteiger partial charge on any atom is -0.297 e. The van der Waals surface area contributed by atoms with Gasteiger partial charge in [-0.1, -0.05) is 24.1 Å². The fourth-order valence-corrected chi connectivity index (χ4v) is 3.05. The Hall–Kier alpha value is 0.660. The molecule has 1 heterocycles. The third-order valence-corrected chi connectivity index (χ3v) is 4.61. The number of hydrogen-bond acceptors (Lipinski definition) is 3. The molecule has 1 fully saturated rings. The summed E-state index contributed by atoms with van der Waals surface area (Å²) in [6, 6.07) is 1.43. The molecule has 0 aromatic rings. The molecule has 0 spiro atoms. The standard InChI is InChI=1S/C10H21NS2/c1-8(2)11-7-5-4-6-10(11)9(3)13-12/h8-10,12H,4-7H2,1-3H3. The van der Waals surface area contributed by atoms with E-state index in [-0.39, 0.29) is 0 Å². The van der Waals surface area contributed by atoms with E-state index in [1.54, 1.807) is 10.8 Å². The van der Waals surface area contributed by atoms with Crippen LogP contribution < -0.4 is 0 Å². The summed E-state index contributed by atoms with van der Waals surface area (Å²) in [5.41, 5.74) is 0. The smallest absolute Gasteiger partial charge is 0.0276 e. The maximum Gasteiger partial charge on any atom is 0.0276 e. The minimum atomic E-state index is 0.658. The van der Waals surface area contributed by atoms with Gasteiger partial charge in [-0.3, -0.25) is 4.90 Å². The van der Waals surface area contributed by atoms with Gasteiger partial charge < -0.3 is 0 Å². The molecule has 78 valence electrons. The van der Waals surface area contributed by atoms with E-state index in [1.807, 2.05) is 0 Å². The Morgan fingerprint density at radius 2 is 2.00 bits per heavy atom. The lowest BCUT2D eigenvalue weighted by atomic mass is 9.98. The predicted octanol–water partition coefficient (Wildman–Crippen LogP) is 3.22. The number of hydrogen-bond donors (Lipinski definition) is 1. The lowest BCUT2D eigenvalue weighted by molar-refractivity contribution is 0.112. The fourth-order valence-electron chi connectivity index (χ4n) is 2.20. The molecule has 0 aromatic carbocycles. The average Bonchev–Trinajstić information content (AvgIpc) is 2.16. The first-order valence-electron chi connectivity index (χ1n) is 5.22. The molecule has 1 aliphatic rings. The summed E-state index contributed by atoms with van der Waals surface area (Å²) in [4.78, 5) is 2.64. The van der Waals surface area contributed by atoms with E-state index in [4.69, 9.17) is 0 Å². The summed E-state index contributed by atoms with van der Waals surface area (Å²) < 4.78 is 0. The van der Waals surface area contributed by atoms with Crippen LogP contribution in [0.2, 0.25) is 0 Å². The van der Waals surface area contributed by atoms with E-state index < -0.39 is 0 Å². The molecule has 1 aliphatic heterocycles. The quantitative estimate of drug-likeness (QED) is 0.573. The van der Waals surface area contributed by atoms with E-state index in [2.05, 4.69) is 37.3 Å². The summed E-state index contributed by atoms with van der Waals surface area (Å²) in [5, 5.41) is 0.658. The summed E-state index contributed by atoms with van der Waals surface area (Å²) in [6.07, 6.45) is 4.12. The first-order chi connectivity index (χ1) is 6.16. The molecule has 1 nitrogen and oxygen atoms in total. The van der Waals surface area contributed by atoms with Gasteiger partial charge in [-0.15, -0.1) is 11.7 Å². The third kappa shape index (κ3) is 3.07. The van der Waals surface area contributed by atoms with Crippen LogP contribution in [0.25, 0.3) is 0 Å². The van der Waals surface area contributed by atoms with Crippen LogP contribution in [0.4, 0.5) is 0 Å². The topological polar surface area (TPSA) is 3.24 Å². The van der Waals surface area contributed by atoms with E-state index in [9.17, 15) is 0 Å². The SMILES string of the molecule is CC(SS)C1CCCCN1C(C)C. The fraction of sp³-hybridized carbons (Fsp3) is 1.00. The number of piperidine rings is 1. The molecule has 2 atom stereocenters. The van der Waals surface area contributed by atoms with Crippen molar-refractivity contribution in [1.29, 1.82) is 0 Å². The Morgan fingerprint density at radius 3 is 2.54 bits per heavy atom. The van der Waals surface area contributed by atoms with Crippen LogP contribution in [0.1, 0.15) is 40.0 Å². The molecule has 1 rings (SSSR count). The van der Waals surface area contributed by atoms with Gasteiger partial charge in [0.05, 0.1) is 0 Å². The van der Waals surface area contributed by atoms with Gasteiger partial charge in [0.15, 0.2) is 0 Å². The van der Waals surface area contributed by atoms with E-state index in [0.29, 0.717) is 11.3 Å². The first-order valence-corrected chi connectivity index (χ1v) is 7.16. The number of thiol groups is 1. The highest BCUT2D eigenvalue weighted by atomic mass is 33.1. The zero-order valence-corrected chi connectivity index (χ0v) is 10.6. The van der Waals surface area contributed by atoms with Crippen molar-refractivity contribution in [1.82, 2.24) is 4.90 Å². The molecule has 0 aromatic heterocycles. The third-order valence-electron chi connectivity index (χ3n) is 2.96. The molecule has 0 saturated carbocycles. The number of nitrogens with zero attached hydrogens (tertiary/aromatic N) is 1. The van der Waals surface area contributed by atoms with E-state index in [0.717, 1.165) is 6.04 Å². The van der Waals surface area contributed by atoms with Gasteiger partial charge in [0.2, 0.25) is 0 Å². The van der Waals surface area contributed by atoms with E-state index >= 15 is 0 Å². The van der Waals surface area contributed by atoms with Crippen molar-refractivity contribution in [2.24, 2.45) is 0 Å². The molecule has 13 heavy (non-hydrogen) atoms.